The van der Waals surface area contributed by atoms with Gasteiger partial charge in [-0.15, -0.1) is 6.42 Å². The van der Waals surface area contributed by atoms with Crippen molar-refractivity contribution < 1.29 is 4.74 Å². The monoisotopic (exact) mass is 291 g/mol. The predicted octanol–water partition coefficient (Wildman–Crippen LogP) is 3.63. The Hall–Kier alpha value is -1.45. The minimum absolute atomic E-state index is 0.0151. The van der Waals surface area contributed by atoms with Crippen molar-refractivity contribution in [1.29, 1.82) is 5.26 Å². The average Bonchev–Trinajstić information content (AvgIpc) is 2.25. The van der Waals surface area contributed by atoms with Gasteiger partial charge < -0.3 is 4.74 Å². The number of hydrogen-bond donors (Lipinski definition) is 0. The molecular formula is C14H14BrNO. The standard InChI is InChI=1S/C14H14BrNO/c1-5-6-17-13-10(9-16)7-11(8-12(13)15)14(2,3)4/h1,7-8H,6H2,2-4H3. The molecular weight excluding hydrogens is 278 g/mol. The van der Waals surface area contributed by atoms with Gasteiger partial charge in [-0.2, -0.15) is 5.26 Å². The zero-order chi connectivity index (χ0) is 13.1. The van der Waals surface area contributed by atoms with E-state index in [1.54, 1.807) is 0 Å². The molecule has 0 N–H and O–H groups in total. The second-order valence-electron chi connectivity index (χ2n) is 4.69. The fourth-order valence-corrected chi connectivity index (χ4v) is 1.94. The highest BCUT2D eigenvalue weighted by atomic mass is 79.9. The number of ether oxygens (including phenoxy) is 1. The molecule has 0 saturated carbocycles. The molecule has 0 amide bonds. The third kappa shape index (κ3) is 3.25. The third-order valence-electron chi connectivity index (χ3n) is 2.33. The molecule has 0 heterocycles. The van der Waals surface area contributed by atoms with Gasteiger partial charge in [-0.3, -0.25) is 0 Å². The van der Waals surface area contributed by atoms with Crippen molar-refractivity contribution >= 4 is 15.9 Å². The van der Waals surface area contributed by atoms with Crippen LogP contribution in [0.1, 0.15) is 31.9 Å². The Morgan fingerprint density at radius 2 is 2.06 bits per heavy atom. The van der Waals surface area contributed by atoms with Gasteiger partial charge >= 0.3 is 0 Å². The van der Waals surface area contributed by atoms with Crippen molar-refractivity contribution in [3.63, 3.8) is 0 Å². The first-order chi connectivity index (χ1) is 7.90. The second-order valence-corrected chi connectivity index (χ2v) is 5.54. The van der Waals surface area contributed by atoms with Gasteiger partial charge in [-0.1, -0.05) is 26.7 Å². The SMILES string of the molecule is C#CCOc1c(Br)cc(C(C)(C)C)cc1C#N. The number of rotatable bonds is 2. The lowest BCUT2D eigenvalue weighted by Gasteiger charge is -2.21. The Morgan fingerprint density at radius 1 is 1.41 bits per heavy atom. The molecule has 1 aromatic carbocycles. The summed E-state index contributed by atoms with van der Waals surface area (Å²) in [4.78, 5) is 0. The van der Waals surface area contributed by atoms with Crippen LogP contribution in [0, 0.1) is 23.7 Å². The quantitative estimate of drug-likeness (QED) is 0.780. The van der Waals surface area contributed by atoms with Gasteiger partial charge in [-0.05, 0) is 39.0 Å². The minimum Gasteiger partial charge on any atom is -0.478 e. The Bertz CT molecular complexity index is 501. The maximum atomic E-state index is 9.13. The van der Waals surface area contributed by atoms with E-state index in [1.165, 1.54) is 0 Å². The van der Waals surface area contributed by atoms with E-state index in [4.69, 9.17) is 16.4 Å². The Balaban J connectivity index is 3.28. The average molecular weight is 292 g/mol. The molecule has 1 aromatic rings. The number of hydrogen-bond acceptors (Lipinski definition) is 2. The first-order valence-electron chi connectivity index (χ1n) is 5.20. The molecule has 3 heteroatoms. The van der Waals surface area contributed by atoms with E-state index in [2.05, 4.69) is 48.7 Å². The van der Waals surface area contributed by atoms with E-state index in [-0.39, 0.29) is 12.0 Å². The molecule has 0 fully saturated rings. The molecule has 0 saturated heterocycles. The van der Waals surface area contributed by atoms with Crippen LogP contribution in [0.15, 0.2) is 16.6 Å². The molecule has 0 aliphatic carbocycles. The van der Waals surface area contributed by atoms with E-state index >= 15 is 0 Å². The lowest BCUT2D eigenvalue weighted by atomic mass is 9.86. The fraction of sp³-hybridized carbons (Fsp3) is 0.357. The van der Waals surface area contributed by atoms with Crippen LogP contribution in [-0.2, 0) is 5.41 Å². The number of benzene rings is 1. The summed E-state index contributed by atoms with van der Waals surface area (Å²) < 4.78 is 6.13. The first kappa shape index (κ1) is 13.6. The van der Waals surface area contributed by atoms with Crippen molar-refractivity contribution in [1.82, 2.24) is 0 Å². The molecule has 0 atom stereocenters. The summed E-state index contributed by atoms with van der Waals surface area (Å²) in [5.41, 5.74) is 1.56. The Morgan fingerprint density at radius 3 is 2.53 bits per heavy atom. The molecule has 17 heavy (non-hydrogen) atoms. The zero-order valence-corrected chi connectivity index (χ0v) is 11.8. The summed E-state index contributed by atoms with van der Waals surface area (Å²) in [5, 5.41) is 9.13. The summed E-state index contributed by atoms with van der Waals surface area (Å²) in [6.45, 7) is 6.44. The highest BCUT2D eigenvalue weighted by molar-refractivity contribution is 9.10. The molecule has 88 valence electrons. The van der Waals surface area contributed by atoms with Gasteiger partial charge in [-0.25, -0.2) is 0 Å². The number of halogens is 1. The van der Waals surface area contributed by atoms with E-state index in [9.17, 15) is 0 Å². The first-order valence-corrected chi connectivity index (χ1v) is 6.00. The van der Waals surface area contributed by atoms with Crippen molar-refractivity contribution in [3.8, 4) is 24.2 Å². The van der Waals surface area contributed by atoms with Gasteiger partial charge in [0.25, 0.3) is 0 Å². The molecule has 1 rings (SSSR count). The predicted molar refractivity (Wildman–Crippen MR) is 71.9 cm³/mol. The maximum Gasteiger partial charge on any atom is 0.152 e. The van der Waals surface area contributed by atoms with Gasteiger partial charge in [0.15, 0.2) is 5.75 Å². The lowest BCUT2D eigenvalue weighted by Crippen LogP contribution is -2.12. The topological polar surface area (TPSA) is 33.0 Å². The molecule has 0 aliphatic rings. The fourth-order valence-electron chi connectivity index (χ4n) is 1.37. The van der Waals surface area contributed by atoms with Crippen LogP contribution < -0.4 is 4.74 Å². The van der Waals surface area contributed by atoms with Crippen LogP contribution >= 0.6 is 15.9 Å². The molecule has 0 spiro atoms. The highest BCUT2D eigenvalue weighted by Gasteiger charge is 2.18. The smallest absolute Gasteiger partial charge is 0.152 e. The largest absolute Gasteiger partial charge is 0.478 e. The van der Waals surface area contributed by atoms with E-state index in [0.29, 0.717) is 11.3 Å². The molecule has 0 unspecified atom stereocenters. The van der Waals surface area contributed by atoms with E-state index in [1.807, 2.05) is 12.1 Å². The lowest BCUT2D eigenvalue weighted by molar-refractivity contribution is 0.366. The van der Waals surface area contributed by atoms with Crippen LogP contribution in [0.2, 0.25) is 0 Å². The number of nitriles is 1. The van der Waals surface area contributed by atoms with E-state index < -0.39 is 0 Å². The minimum atomic E-state index is -0.0151. The second kappa shape index (κ2) is 5.25. The Labute approximate surface area is 111 Å². The summed E-state index contributed by atoms with van der Waals surface area (Å²) >= 11 is 3.42. The summed E-state index contributed by atoms with van der Waals surface area (Å²) in [6.07, 6.45) is 5.14. The molecule has 0 radical (unpaired) electrons. The van der Waals surface area contributed by atoms with Crippen LogP contribution in [0.3, 0.4) is 0 Å². The Kier molecular flexibility index (Phi) is 4.21. The summed E-state index contributed by atoms with van der Waals surface area (Å²) in [6, 6.07) is 5.94. The molecule has 0 aliphatic heterocycles. The van der Waals surface area contributed by atoms with Gasteiger partial charge in [0.05, 0.1) is 10.0 Å². The van der Waals surface area contributed by atoms with Crippen LogP contribution in [0.4, 0.5) is 0 Å². The third-order valence-corrected chi connectivity index (χ3v) is 2.92. The van der Waals surface area contributed by atoms with Crippen LogP contribution in [0.5, 0.6) is 5.75 Å². The van der Waals surface area contributed by atoms with Crippen LogP contribution in [-0.4, -0.2) is 6.61 Å². The zero-order valence-electron chi connectivity index (χ0n) is 10.2. The highest BCUT2D eigenvalue weighted by Crippen LogP contribution is 2.34. The number of nitrogens with zero attached hydrogens (tertiary/aromatic N) is 1. The van der Waals surface area contributed by atoms with Gasteiger partial charge in [0.1, 0.15) is 12.7 Å². The van der Waals surface area contributed by atoms with Gasteiger partial charge in [0.2, 0.25) is 0 Å². The normalized spacial score (nSPS) is 10.5. The van der Waals surface area contributed by atoms with E-state index in [0.717, 1.165) is 10.0 Å². The molecule has 2 nitrogen and oxygen atoms in total. The summed E-state index contributed by atoms with van der Waals surface area (Å²) in [7, 11) is 0. The number of terminal acetylenes is 1. The maximum absolute atomic E-state index is 9.13. The van der Waals surface area contributed by atoms with Crippen LogP contribution in [0.25, 0.3) is 0 Å². The molecule has 0 aromatic heterocycles. The molecule has 0 bridgehead atoms. The van der Waals surface area contributed by atoms with Crippen molar-refractivity contribution in [2.45, 2.75) is 26.2 Å². The van der Waals surface area contributed by atoms with Gasteiger partial charge in [0, 0.05) is 0 Å². The van der Waals surface area contributed by atoms with Crippen molar-refractivity contribution in [2.24, 2.45) is 0 Å². The van der Waals surface area contributed by atoms with Crippen molar-refractivity contribution in [2.75, 3.05) is 6.61 Å². The van der Waals surface area contributed by atoms with Crippen molar-refractivity contribution in [3.05, 3.63) is 27.7 Å². The summed E-state index contributed by atoms with van der Waals surface area (Å²) in [5.74, 6) is 2.90.